The number of rotatable bonds is 11. The molecular formula is C32H35N5O2S. The van der Waals surface area contributed by atoms with Gasteiger partial charge in [0, 0.05) is 50.5 Å². The van der Waals surface area contributed by atoms with E-state index < -0.39 is 0 Å². The zero-order valence-electron chi connectivity index (χ0n) is 22.9. The molecule has 1 amide bonds. The zero-order chi connectivity index (χ0) is 27.6. The van der Waals surface area contributed by atoms with Crippen molar-refractivity contribution in [1.82, 2.24) is 24.6 Å². The molecule has 0 atom stereocenters. The van der Waals surface area contributed by atoms with Crippen molar-refractivity contribution in [2.24, 2.45) is 0 Å². The van der Waals surface area contributed by atoms with Crippen LogP contribution in [0.25, 0.3) is 23.2 Å². The average molecular weight is 554 g/mol. The van der Waals surface area contributed by atoms with Crippen LogP contribution in [0.1, 0.15) is 18.4 Å². The van der Waals surface area contributed by atoms with Gasteiger partial charge in [0.25, 0.3) is 0 Å². The lowest BCUT2D eigenvalue weighted by atomic mass is 10.2. The number of hydrogen-bond acceptors (Lipinski definition) is 6. The maximum Gasteiger partial charge on any atom is 0.222 e. The highest BCUT2D eigenvalue weighted by Gasteiger charge is 2.21. The molecule has 2 heterocycles. The van der Waals surface area contributed by atoms with E-state index in [9.17, 15) is 4.79 Å². The summed E-state index contributed by atoms with van der Waals surface area (Å²) in [5, 5.41) is 9.82. The highest BCUT2D eigenvalue weighted by atomic mass is 32.2. The second kappa shape index (κ2) is 14.0. The Hall–Kier alpha value is -3.88. The van der Waals surface area contributed by atoms with Crippen LogP contribution in [-0.4, -0.2) is 76.1 Å². The van der Waals surface area contributed by atoms with E-state index in [0.29, 0.717) is 6.42 Å². The van der Waals surface area contributed by atoms with E-state index in [1.165, 1.54) is 5.56 Å². The van der Waals surface area contributed by atoms with Crippen LogP contribution in [0.2, 0.25) is 0 Å². The van der Waals surface area contributed by atoms with Gasteiger partial charge in [-0.25, -0.2) is 0 Å². The van der Waals surface area contributed by atoms with Crippen molar-refractivity contribution in [3.63, 3.8) is 0 Å². The normalized spacial score (nSPS) is 14.1. The number of nitrogens with zero attached hydrogens (tertiary/aromatic N) is 5. The summed E-state index contributed by atoms with van der Waals surface area (Å²) in [4.78, 5) is 17.3. The molecular weight excluding hydrogens is 518 g/mol. The lowest BCUT2D eigenvalue weighted by Gasteiger charge is -2.34. The number of benzene rings is 3. The number of piperazine rings is 1. The molecule has 206 valence electrons. The monoisotopic (exact) mass is 553 g/mol. The van der Waals surface area contributed by atoms with Gasteiger partial charge >= 0.3 is 0 Å². The van der Waals surface area contributed by atoms with Crippen molar-refractivity contribution in [3.05, 3.63) is 96.6 Å². The summed E-state index contributed by atoms with van der Waals surface area (Å²) in [5.41, 5.74) is 3.09. The van der Waals surface area contributed by atoms with Gasteiger partial charge in [-0.3, -0.25) is 14.3 Å². The molecule has 8 heteroatoms. The lowest BCUT2D eigenvalue weighted by Crippen LogP contribution is -2.48. The fourth-order valence-corrected chi connectivity index (χ4v) is 5.68. The van der Waals surface area contributed by atoms with Gasteiger partial charge in [-0.1, -0.05) is 96.7 Å². The summed E-state index contributed by atoms with van der Waals surface area (Å²) in [6.07, 6.45) is 5.68. The van der Waals surface area contributed by atoms with Crippen molar-refractivity contribution >= 4 is 23.7 Å². The van der Waals surface area contributed by atoms with E-state index in [-0.39, 0.29) is 5.91 Å². The fourth-order valence-electron chi connectivity index (χ4n) is 4.80. The number of amides is 1. The average Bonchev–Trinajstić information content (AvgIpc) is 3.44. The van der Waals surface area contributed by atoms with E-state index in [2.05, 4.69) is 51.5 Å². The fraction of sp³-hybridized carbons (Fsp3) is 0.281. The first kappa shape index (κ1) is 27.7. The third-order valence-corrected chi connectivity index (χ3v) is 7.97. The molecule has 1 aliphatic rings. The van der Waals surface area contributed by atoms with E-state index in [4.69, 9.17) is 4.74 Å². The summed E-state index contributed by atoms with van der Waals surface area (Å²) < 4.78 is 7.69. The number of carbonyl (C=O) groups excluding carboxylic acids is 1. The Morgan fingerprint density at radius 2 is 1.60 bits per heavy atom. The summed E-state index contributed by atoms with van der Waals surface area (Å²) in [6, 6.07) is 28.3. The topological polar surface area (TPSA) is 63.5 Å². The summed E-state index contributed by atoms with van der Waals surface area (Å²) in [7, 11) is 1.67. The standard InChI is InChI=1S/C32H35N5O2S/c1-39-29-18-9-8-17-28(29)37-31(27-15-6-3-7-16-27)33-34-32(37)40-25-11-19-30(38)36-23-21-35(22-24-36)20-10-14-26-12-4-2-5-13-26/h2-10,12-18H,11,19-25H2,1H3/b14-10+. The molecule has 1 saturated heterocycles. The largest absolute Gasteiger partial charge is 0.495 e. The van der Waals surface area contributed by atoms with Gasteiger partial charge in [-0.15, -0.1) is 10.2 Å². The van der Waals surface area contributed by atoms with Gasteiger partial charge in [0.15, 0.2) is 11.0 Å². The molecule has 0 spiro atoms. The third kappa shape index (κ3) is 7.00. The molecule has 0 bridgehead atoms. The number of ether oxygens (including phenoxy) is 1. The number of aromatic nitrogens is 3. The van der Waals surface area contributed by atoms with Gasteiger partial charge in [0.05, 0.1) is 12.8 Å². The van der Waals surface area contributed by atoms with Gasteiger partial charge < -0.3 is 9.64 Å². The molecule has 5 rings (SSSR count). The number of carbonyl (C=O) groups is 1. The maximum atomic E-state index is 12.9. The smallest absolute Gasteiger partial charge is 0.222 e. The van der Waals surface area contributed by atoms with E-state index in [1.54, 1.807) is 18.9 Å². The van der Waals surface area contributed by atoms with E-state index >= 15 is 0 Å². The van der Waals surface area contributed by atoms with E-state index in [0.717, 1.165) is 72.9 Å². The van der Waals surface area contributed by atoms with Crippen LogP contribution in [-0.2, 0) is 4.79 Å². The Balaban J connectivity index is 1.13. The van der Waals surface area contributed by atoms with Crippen LogP contribution < -0.4 is 4.74 Å². The van der Waals surface area contributed by atoms with Crippen LogP contribution >= 0.6 is 11.8 Å². The van der Waals surface area contributed by atoms with Gasteiger partial charge in [0.2, 0.25) is 5.91 Å². The van der Waals surface area contributed by atoms with Crippen molar-refractivity contribution < 1.29 is 9.53 Å². The van der Waals surface area contributed by atoms with Crippen molar-refractivity contribution in [2.45, 2.75) is 18.0 Å². The molecule has 1 aliphatic heterocycles. The predicted octanol–water partition coefficient (Wildman–Crippen LogP) is 5.67. The Bertz CT molecular complexity index is 1400. The minimum Gasteiger partial charge on any atom is -0.495 e. The summed E-state index contributed by atoms with van der Waals surface area (Å²) in [5.74, 6) is 2.53. The molecule has 0 unspecified atom stereocenters. The van der Waals surface area contributed by atoms with Gasteiger partial charge in [0.1, 0.15) is 5.75 Å². The van der Waals surface area contributed by atoms with Crippen molar-refractivity contribution in [1.29, 1.82) is 0 Å². The minimum absolute atomic E-state index is 0.233. The number of hydrogen-bond donors (Lipinski definition) is 0. The quantitative estimate of drug-likeness (QED) is 0.176. The van der Waals surface area contributed by atoms with Gasteiger partial charge in [-0.05, 0) is 24.1 Å². The second-order valence-corrected chi connectivity index (χ2v) is 10.7. The van der Waals surface area contributed by atoms with Crippen molar-refractivity contribution in [2.75, 3.05) is 45.6 Å². The molecule has 0 radical (unpaired) electrons. The Morgan fingerprint density at radius 1 is 0.900 bits per heavy atom. The number of para-hydroxylation sites is 2. The molecule has 3 aromatic carbocycles. The Labute approximate surface area is 240 Å². The first-order chi connectivity index (χ1) is 19.7. The molecule has 1 fully saturated rings. The van der Waals surface area contributed by atoms with Crippen LogP contribution in [0, 0.1) is 0 Å². The zero-order valence-corrected chi connectivity index (χ0v) is 23.7. The highest BCUT2D eigenvalue weighted by Crippen LogP contribution is 2.32. The van der Waals surface area contributed by atoms with E-state index in [1.807, 2.05) is 70.1 Å². The Morgan fingerprint density at radius 3 is 2.35 bits per heavy atom. The molecule has 0 aliphatic carbocycles. The molecule has 0 saturated carbocycles. The number of thioether (sulfide) groups is 1. The Kier molecular flexibility index (Phi) is 9.66. The molecule has 7 nitrogen and oxygen atoms in total. The second-order valence-electron chi connectivity index (χ2n) is 9.63. The first-order valence-electron chi connectivity index (χ1n) is 13.7. The van der Waals surface area contributed by atoms with Crippen LogP contribution in [0.15, 0.2) is 96.2 Å². The summed E-state index contributed by atoms with van der Waals surface area (Å²) in [6.45, 7) is 4.29. The summed E-state index contributed by atoms with van der Waals surface area (Å²) >= 11 is 1.62. The van der Waals surface area contributed by atoms with Crippen LogP contribution in [0.5, 0.6) is 5.75 Å². The van der Waals surface area contributed by atoms with Crippen LogP contribution in [0.3, 0.4) is 0 Å². The first-order valence-corrected chi connectivity index (χ1v) is 14.7. The van der Waals surface area contributed by atoms with Crippen LogP contribution in [0.4, 0.5) is 0 Å². The molecule has 4 aromatic rings. The third-order valence-electron chi connectivity index (χ3n) is 6.96. The highest BCUT2D eigenvalue weighted by molar-refractivity contribution is 7.99. The number of methoxy groups -OCH3 is 1. The molecule has 1 aromatic heterocycles. The predicted molar refractivity (Wildman–Crippen MR) is 162 cm³/mol. The lowest BCUT2D eigenvalue weighted by molar-refractivity contribution is -0.132. The maximum absolute atomic E-state index is 12.9. The van der Waals surface area contributed by atoms with Gasteiger partial charge in [-0.2, -0.15) is 0 Å². The minimum atomic E-state index is 0.233. The molecule has 0 N–H and O–H groups in total. The SMILES string of the molecule is COc1ccccc1-n1c(SCCCC(=O)N2CCN(C/C=C/c3ccccc3)CC2)nnc1-c1ccccc1. The van der Waals surface area contributed by atoms with Crippen molar-refractivity contribution in [3.8, 4) is 22.8 Å². The molecule has 40 heavy (non-hydrogen) atoms.